The van der Waals surface area contributed by atoms with Crippen LogP contribution < -0.4 is 11.5 Å². The van der Waals surface area contributed by atoms with Crippen LogP contribution in [0.1, 0.15) is 45.4 Å². The first-order valence-corrected chi connectivity index (χ1v) is 5.29. The number of nitrogens with two attached hydrogens (primary N) is 2. The van der Waals surface area contributed by atoms with E-state index in [2.05, 4.69) is 0 Å². The van der Waals surface area contributed by atoms with Gasteiger partial charge in [-0.05, 0) is 25.7 Å². The largest absolute Gasteiger partial charge is 0.385 e. The molecule has 0 amide bonds. The second-order valence-corrected chi connectivity index (χ2v) is 3.68. The van der Waals surface area contributed by atoms with Gasteiger partial charge >= 0.3 is 0 Å². The minimum Gasteiger partial charge on any atom is -0.385 e. The maximum Gasteiger partial charge on any atom is 0.161 e. The third-order valence-corrected chi connectivity index (χ3v) is 2.16. The van der Waals surface area contributed by atoms with E-state index >= 15 is 0 Å². The van der Waals surface area contributed by atoms with Gasteiger partial charge in [0, 0.05) is 6.42 Å². The van der Waals surface area contributed by atoms with Crippen LogP contribution in [0.15, 0.2) is 0 Å². The van der Waals surface area contributed by atoms with E-state index in [1.165, 1.54) is 0 Å². The number of hydrogen-bond donors (Lipinski definition) is 3. The average Bonchev–Trinajstić information content (AvgIpc) is 2.13. The van der Waals surface area contributed by atoms with Crippen LogP contribution in [-0.2, 0) is 4.79 Å². The van der Waals surface area contributed by atoms with Crippen LogP contribution in [0.25, 0.3) is 0 Å². The zero-order valence-electron chi connectivity index (χ0n) is 8.91. The van der Waals surface area contributed by atoms with Gasteiger partial charge in [0.25, 0.3) is 0 Å². The van der Waals surface area contributed by atoms with Crippen LogP contribution in [0.3, 0.4) is 0 Å². The number of unbranched alkanes of at least 4 members (excludes halogenated alkanes) is 1. The number of aliphatic hydroxyl groups is 1. The highest BCUT2D eigenvalue weighted by atomic mass is 16.3. The van der Waals surface area contributed by atoms with Gasteiger partial charge in [-0.15, -0.1) is 0 Å². The van der Waals surface area contributed by atoms with Crippen molar-refractivity contribution in [1.29, 1.82) is 0 Å². The molecule has 0 aromatic carbocycles. The lowest BCUT2D eigenvalue weighted by molar-refractivity contribution is -0.127. The fraction of sp³-hybridized carbons (Fsp3) is 0.900. The zero-order valence-corrected chi connectivity index (χ0v) is 8.91. The molecule has 0 bridgehead atoms. The molecular formula is C10H22N2O2. The molecule has 0 spiro atoms. The summed E-state index contributed by atoms with van der Waals surface area (Å²) in [4.78, 5) is 11.3. The second kappa shape index (κ2) is 7.91. The Morgan fingerprint density at radius 3 is 2.43 bits per heavy atom. The highest BCUT2D eigenvalue weighted by Gasteiger charge is 2.13. The van der Waals surface area contributed by atoms with Crippen LogP contribution >= 0.6 is 0 Å². The molecule has 84 valence electrons. The molecule has 0 radical (unpaired) electrons. The molecule has 0 fully saturated rings. The van der Waals surface area contributed by atoms with E-state index in [1.807, 2.05) is 6.92 Å². The Morgan fingerprint density at radius 1 is 1.29 bits per heavy atom. The Balaban J connectivity index is 3.51. The third-order valence-electron chi connectivity index (χ3n) is 2.16. The van der Waals surface area contributed by atoms with Crippen LogP contribution in [0, 0.1) is 0 Å². The highest BCUT2D eigenvalue weighted by molar-refractivity contribution is 5.82. The molecule has 0 saturated carbocycles. The van der Waals surface area contributed by atoms with Gasteiger partial charge in [0.1, 0.15) is 6.10 Å². The number of carbonyl (C=O) groups excluding carboxylic acids is 1. The maximum absolute atomic E-state index is 11.3. The zero-order chi connectivity index (χ0) is 11.0. The molecule has 0 aliphatic rings. The van der Waals surface area contributed by atoms with Crippen molar-refractivity contribution in [3.8, 4) is 0 Å². The minimum absolute atomic E-state index is 0.0579. The van der Waals surface area contributed by atoms with Crippen LogP contribution in [0.5, 0.6) is 0 Å². The molecule has 0 saturated heterocycles. The van der Waals surface area contributed by atoms with Gasteiger partial charge in [0.2, 0.25) is 0 Å². The first-order valence-electron chi connectivity index (χ1n) is 5.29. The first kappa shape index (κ1) is 13.5. The van der Waals surface area contributed by atoms with E-state index in [-0.39, 0.29) is 11.9 Å². The first-order chi connectivity index (χ1) is 6.57. The lowest BCUT2D eigenvalue weighted by Gasteiger charge is -2.10. The number of Topliss-reactive ketones (excluding diaryl/α,β-unsaturated/α-hetero) is 1. The molecule has 0 aromatic rings. The summed E-state index contributed by atoms with van der Waals surface area (Å²) in [6.07, 6.45) is 2.99. The second-order valence-electron chi connectivity index (χ2n) is 3.68. The molecule has 0 aliphatic heterocycles. The van der Waals surface area contributed by atoms with Crippen molar-refractivity contribution in [3.05, 3.63) is 0 Å². The Bertz CT molecular complexity index is 160. The summed E-state index contributed by atoms with van der Waals surface area (Å²) in [5.41, 5.74) is 10.7. The smallest absolute Gasteiger partial charge is 0.161 e. The standard InChI is InChI=1S/C10H22N2O2/c1-2-3-5-8(13)9(14)6-4-7-10(11)12/h9-10,14H,2-7,11-12H2,1H3. The molecule has 4 heteroatoms. The molecule has 14 heavy (non-hydrogen) atoms. The van der Waals surface area contributed by atoms with Crippen LogP contribution in [0.4, 0.5) is 0 Å². The summed E-state index contributed by atoms with van der Waals surface area (Å²) in [6, 6.07) is 0. The lowest BCUT2D eigenvalue weighted by Crippen LogP contribution is -2.30. The lowest BCUT2D eigenvalue weighted by atomic mass is 10.0. The molecule has 4 nitrogen and oxygen atoms in total. The predicted molar refractivity (Wildman–Crippen MR) is 56.6 cm³/mol. The number of hydrogen-bond acceptors (Lipinski definition) is 4. The van der Waals surface area contributed by atoms with Gasteiger partial charge in [-0.2, -0.15) is 0 Å². The molecule has 0 heterocycles. The summed E-state index contributed by atoms with van der Waals surface area (Å²) in [7, 11) is 0. The van der Waals surface area contributed by atoms with Crippen LogP contribution in [0.2, 0.25) is 0 Å². The topological polar surface area (TPSA) is 89.3 Å². The van der Waals surface area contributed by atoms with E-state index in [9.17, 15) is 9.90 Å². The summed E-state index contributed by atoms with van der Waals surface area (Å²) in [5.74, 6) is -0.0579. The normalized spacial score (nSPS) is 13.2. The number of carbonyl (C=O) groups is 1. The molecule has 1 unspecified atom stereocenters. The van der Waals surface area contributed by atoms with E-state index in [4.69, 9.17) is 11.5 Å². The van der Waals surface area contributed by atoms with Gasteiger partial charge in [-0.25, -0.2) is 0 Å². The summed E-state index contributed by atoms with van der Waals surface area (Å²) >= 11 is 0. The van der Waals surface area contributed by atoms with E-state index in [0.29, 0.717) is 25.7 Å². The van der Waals surface area contributed by atoms with E-state index in [0.717, 1.165) is 12.8 Å². The van der Waals surface area contributed by atoms with Gasteiger partial charge in [0.15, 0.2) is 5.78 Å². The molecule has 5 N–H and O–H groups in total. The molecule has 1 atom stereocenters. The molecule has 0 aromatic heterocycles. The van der Waals surface area contributed by atoms with Gasteiger partial charge in [0.05, 0.1) is 6.17 Å². The Hall–Kier alpha value is -0.450. The van der Waals surface area contributed by atoms with Crippen LogP contribution in [-0.4, -0.2) is 23.2 Å². The fourth-order valence-electron chi connectivity index (χ4n) is 1.23. The van der Waals surface area contributed by atoms with Crippen molar-refractivity contribution < 1.29 is 9.90 Å². The van der Waals surface area contributed by atoms with Gasteiger partial charge < -0.3 is 16.6 Å². The molecule has 0 rings (SSSR count). The number of rotatable bonds is 8. The van der Waals surface area contributed by atoms with Crippen molar-refractivity contribution in [2.45, 2.75) is 57.7 Å². The van der Waals surface area contributed by atoms with Crippen molar-refractivity contribution in [2.75, 3.05) is 0 Å². The maximum atomic E-state index is 11.3. The SMILES string of the molecule is CCCCC(=O)C(O)CCCC(N)N. The van der Waals surface area contributed by atoms with Gasteiger partial charge in [-0.1, -0.05) is 13.3 Å². The van der Waals surface area contributed by atoms with Crippen molar-refractivity contribution in [3.63, 3.8) is 0 Å². The third kappa shape index (κ3) is 7.00. The Kier molecular flexibility index (Phi) is 7.65. The fourth-order valence-corrected chi connectivity index (χ4v) is 1.23. The quantitative estimate of drug-likeness (QED) is 0.501. The summed E-state index contributed by atoms with van der Waals surface area (Å²) in [5, 5.41) is 9.43. The van der Waals surface area contributed by atoms with Crippen molar-refractivity contribution in [2.24, 2.45) is 11.5 Å². The average molecular weight is 202 g/mol. The van der Waals surface area contributed by atoms with Gasteiger partial charge in [-0.3, -0.25) is 4.79 Å². The predicted octanol–water partition coefficient (Wildman–Crippen LogP) is 0.520. The van der Waals surface area contributed by atoms with E-state index in [1.54, 1.807) is 0 Å². The summed E-state index contributed by atoms with van der Waals surface area (Å²) < 4.78 is 0. The Labute approximate surface area is 85.7 Å². The monoisotopic (exact) mass is 202 g/mol. The highest BCUT2D eigenvalue weighted by Crippen LogP contribution is 2.06. The number of aliphatic hydroxyl groups excluding tert-OH is 1. The Morgan fingerprint density at radius 2 is 1.93 bits per heavy atom. The number of ketones is 1. The van der Waals surface area contributed by atoms with Crippen molar-refractivity contribution >= 4 is 5.78 Å². The molecule has 0 aliphatic carbocycles. The van der Waals surface area contributed by atoms with E-state index < -0.39 is 6.10 Å². The van der Waals surface area contributed by atoms with Crippen molar-refractivity contribution in [1.82, 2.24) is 0 Å². The minimum atomic E-state index is -0.819. The summed E-state index contributed by atoms with van der Waals surface area (Å²) in [6.45, 7) is 2.02. The molecular weight excluding hydrogens is 180 g/mol.